The van der Waals surface area contributed by atoms with Gasteiger partial charge >= 0.3 is 0 Å². The quantitative estimate of drug-likeness (QED) is 0.838. The van der Waals surface area contributed by atoms with Gasteiger partial charge < -0.3 is 19.9 Å². The van der Waals surface area contributed by atoms with Crippen molar-refractivity contribution in [3.05, 3.63) is 24.3 Å². The molecule has 3 unspecified atom stereocenters. The van der Waals surface area contributed by atoms with Crippen LogP contribution in [0, 0.1) is 5.92 Å². The molecule has 2 rings (SSSR count). The Morgan fingerprint density at radius 3 is 2.57 bits per heavy atom. The number of aliphatic hydroxyl groups is 1. The van der Waals surface area contributed by atoms with Crippen molar-refractivity contribution < 1.29 is 19.4 Å². The smallest absolute Gasteiger partial charge is 0.260 e. The number of aliphatic hydroxyl groups excluding tert-OH is 1. The molecule has 116 valence electrons. The standard InChI is InChI=1S/C16H23NO4/c1-11(21-15-7-5-14(20-2)6-8-15)16(19)17-10-12-3-4-13(18)9-12/h5-8,11-13,18H,3-4,9-10H2,1-2H3,(H,17,19). The molecule has 1 aromatic rings. The van der Waals surface area contributed by atoms with E-state index in [0.29, 0.717) is 18.2 Å². The molecule has 0 radical (unpaired) electrons. The van der Waals surface area contributed by atoms with Crippen LogP contribution in [-0.4, -0.2) is 36.9 Å². The van der Waals surface area contributed by atoms with E-state index in [0.717, 1.165) is 25.0 Å². The second-order valence-electron chi connectivity index (χ2n) is 5.51. The third-order valence-corrected chi connectivity index (χ3v) is 3.82. The summed E-state index contributed by atoms with van der Waals surface area (Å²) in [5.41, 5.74) is 0. The maximum absolute atomic E-state index is 12.0. The van der Waals surface area contributed by atoms with Gasteiger partial charge in [-0.3, -0.25) is 4.79 Å². The first-order valence-electron chi connectivity index (χ1n) is 7.35. The summed E-state index contributed by atoms with van der Waals surface area (Å²) in [6.45, 7) is 2.33. The maximum atomic E-state index is 12.0. The van der Waals surface area contributed by atoms with Crippen molar-refractivity contribution in [3.8, 4) is 11.5 Å². The number of methoxy groups -OCH3 is 1. The van der Waals surface area contributed by atoms with Gasteiger partial charge in [-0.25, -0.2) is 0 Å². The highest BCUT2D eigenvalue weighted by molar-refractivity contribution is 5.80. The van der Waals surface area contributed by atoms with Crippen LogP contribution in [0.1, 0.15) is 26.2 Å². The first kappa shape index (κ1) is 15.6. The van der Waals surface area contributed by atoms with Gasteiger partial charge in [0.15, 0.2) is 6.10 Å². The van der Waals surface area contributed by atoms with Crippen LogP contribution in [-0.2, 0) is 4.79 Å². The van der Waals surface area contributed by atoms with Gasteiger partial charge in [0.25, 0.3) is 5.91 Å². The molecule has 21 heavy (non-hydrogen) atoms. The van der Waals surface area contributed by atoms with E-state index in [1.54, 1.807) is 38.3 Å². The maximum Gasteiger partial charge on any atom is 0.260 e. The number of hydrogen-bond acceptors (Lipinski definition) is 4. The van der Waals surface area contributed by atoms with Gasteiger partial charge in [-0.2, -0.15) is 0 Å². The summed E-state index contributed by atoms with van der Waals surface area (Å²) in [5, 5.41) is 12.4. The van der Waals surface area contributed by atoms with Crippen LogP contribution < -0.4 is 14.8 Å². The summed E-state index contributed by atoms with van der Waals surface area (Å²) in [7, 11) is 1.60. The molecule has 0 spiro atoms. The molecule has 0 aromatic heterocycles. The van der Waals surface area contributed by atoms with Crippen LogP contribution in [0.15, 0.2) is 24.3 Å². The lowest BCUT2D eigenvalue weighted by Crippen LogP contribution is -2.38. The number of carbonyl (C=O) groups excluding carboxylic acids is 1. The number of ether oxygens (including phenoxy) is 2. The Labute approximate surface area is 125 Å². The molecule has 3 atom stereocenters. The highest BCUT2D eigenvalue weighted by atomic mass is 16.5. The molecule has 1 amide bonds. The predicted octanol–water partition coefficient (Wildman–Crippen LogP) is 1.74. The largest absolute Gasteiger partial charge is 0.497 e. The van der Waals surface area contributed by atoms with E-state index in [1.165, 1.54) is 0 Å². The first-order valence-corrected chi connectivity index (χ1v) is 7.35. The zero-order valence-corrected chi connectivity index (χ0v) is 12.5. The summed E-state index contributed by atoms with van der Waals surface area (Å²) >= 11 is 0. The Morgan fingerprint density at radius 1 is 1.33 bits per heavy atom. The van der Waals surface area contributed by atoms with Crippen LogP contribution >= 0.6 is 0 Å². The molecule has 5 nitrogen and oxygen atoms in total. The van der Waals surface area contributed by atoms with E-state index in [1.807, 2.05) is 0 Å². The summed E-state index contributed by atoms with van der Waals surface area (Å²) in [6.07, 6.45) is 1.81. The van der Waals surface area contributed by atoms with Crippen LogP contribution in [0.4, 0.5) is 0 Å². The van der Waals surface area contributed by atoms with Gasteiger partial charge in [0.05, 0.1) is 13.2 Å². The third kappa shape index (κ3) is 4.63. The molecular weight excluding hydrogens is 270 g/mol. The zero-order valence-electron chi connectivity index (χ0n) is 12.5. The molecule has 1 aliphatic rings. The van der Waals surface area contributed by atoms with Gasteiger partial charge in [-0.05, 0) is 56.4 Å². The van der Waals surface area contributed by atoms with E-state index in [-0.39, 0.29) is 12.0 Å². The van der Waals surface area contributed by atoms with Gasteiger partial charge in [-0.1, -0.05) is 0 Å². The topological polar surface area (TPSA) is 67.8 Å². The summed E-state index contributed by atoms with van der Waals surface area (Å²) in [5.74, 6) is 1.62. The Morgan fingerprint density at radius 2 is 2.00 bits per heavy atom. The fraction of sp³-hybridized carbons (Fsp3) is 0.562. The van der Waals surface area contributed by atoms with E-state index < -0.39 is 6.10 Å². The lowest BCUT2D eigenvalue weighted by molar-refractivity contribution is -0.127. The van der Waals surface area contributed by atoms with Crippen LogP contribution in [0.5, 0.6) is 11.5 Å². The number of rotatable bonds is 6. The summed E-state index contributed by atoms with van der Waals surface area (Å²) < 4.78 is 10.7. The van der Waals surface area contributed by atoms with Crippen LogP contribution in [0.3, 0.4) is 0 Å². The molecule has 0 bridgehead atoms. The number of carbonyl (C=O) groups is 1. The normalized spacial score (nSPS) is 22.6. The fourth-order valence-corrected chi connectivity index (χ4v) is 2.53. The average Bonchev–Trinajstić information content (AvgIpc) is 2.91. The minimum Gasteiger partial charge on any atom is -0.497 e. The average molecular weight is 293 g/mol. The SMILES string of the molecule is COc1ccc(OC(C)C(=O)NCC2CCC(O)C2)cc1. The second kappa shape index (κ2) is 7.31. The van der Waals surface area contributed by atoms with Crippen molar-refractivity contribution in [1.29, 1.82) is 0 Å². The number of nitrogens with one attached hydrogen (secondary N) is 1. The van der Waals surface area contributed by atoms with Crippen molar-refractivity contribution in [2.75, 3.05) is 13.7 Å². The van der Waals surface area contributed by atoms with E-state index in [4.69, 9.17) is 9.47 Å². The van der Waals surface area contributed by atoms with E-state index >= 15 is 0 Å². The van der Waals surface area contributed by atoms with Crippen molar-refractivity contribution in [2.45, 2.75) is 38.4 Å². The van der Waals surface area contributed by atoms with Crippen molar-refractivity contribution in [1.82, 2.24) is 5.32 Å². The van der Waals surface area contributed by atoms with E-state index in [9.17, 15) is 9.90 Å². The van der Waals surface area contributed by atoms with Crippen molar-refractivity contribution in [2.24, 2.45) is 5.92 Å². The Balaban J connectivity index is 1.76. The summed E-state index contributed by atoms with van der Waals surface area (Å²) in [4.78, 5) is 12.0. The molecule has 1 aliphatic carbocycles. The van der Waals surface area contributed by atoms with Crippen LogP contribution in [0.2, 0.25) is 0 Å². The predicted molar refractivity (Wildman–Crippen MR) is 79.4 cm³/mol. The monoisotopic (exact) mass is 293 g/mol. The molecule has 1 aromatic carbocycles. The number of amides is 1. The lowest BCUT2D eigenvalue weighted by Gasteiger charge is -2.16. The molecular formula is C16H23NO4. The Kier molecular flexibility index (Phi) is 5.44. The Hall–Kier alpha value is -1.75. The van der Waals surface area contributed by atoms with E-state index in [2.05, 4.69) is 5.32 Å². The summed E-state index contributed by atoms with van der Waals surface area (Å²) in [6, 6.07) is 7.13. The van der Waals surface area contributed by atoms with Crippen LogP contribution in [0.25, 0.3) is 0 Å². The molecule has 2 N–H and O–H groups in total. The molecule has 1 fully saturated rings. The minimum atomic E-state index is -0.551. The molecule has 0 aliphatic heterocycles. The zero-order chi connectivity index (χ0) is 15.2. The van der Waals surface area contributed by atoms with Gasteiger partial charge in [0.1, 0.15) is 11.5 Å². The molecule has 5 heteroatoms. The second-order valence-corrected chi connectivity index (χ2v) is 5.51. The molecule has 1 saturated carbocycles. The third-order valence-electron chi connectivity index (χ3n) is 3.82. The minimum absolute atomic E-state index is 0.132. The lowest BCUT2D eigenvalue weighted by atomic mass is 10.1. The van der Waals surface area contributed by atoms with Crippen molar-refractivity contribution in [3.63, 3.8) is 0 Å². The fourth-order valence-electron chi connectivity index (χ4n) is 2.53. The molecule has 0 saturated heterocycles. The Bertz CT molecular complexity index is 460. The highest BCUT2D eigenvalue weighted by Gasteiger charge is 2.24. The number of hydrogen-bond donors (Lipinski definition) is 2. The highest BCUT2D eigenvalue weighted by Crippen LogP contribution is 2.24. The first-order chi connectivity index (χ1) is 10.1. The van der Waals surface area contributed by atoms with Gasteiger partial charge in [-0.15, -0.1) is 0 Å². The molecule has 0 heterocycles. The van der Waals surface area contributed by atoms with Gasteiger partial charge in [0, 0.05) is 6.54 Å². The van der Waals surface area contributed by atoms with Crippen molar-refractivity contribution >= 4 is 5.91 Å². The van der Waals surface area contributed by atoms with Gasteiger partial charge in [0.2, 0.25) is 0 Å². The number of benzene rings is 1.